The predicted octanol–water partition coefficient (Wildman–Crippen LogP) is 2.58. The van der Waals surface area contributed by atoms with E-state index < -0.39 is 0 Å². The third kappa shape index (κ3) is 4.17. The van der Waals surface area contributed by atoms with Crippen molar-refractivity contribution in [2.75, 3.05) is 42.6 Å². The van der Waals surface area contributed by atoms with Crippen LogP contribution in [0.15, 0.2) is 24.3 Å². The molecule has 0 N–H and O–H groups in total. The van der Waals surface area contributed by atoms with Gasteiger partial charge in [-0.05, 0) is 39.0 Å². The molecule has 0 saturated carbocycles. The average Bonchev–Trinajstić information content (AvgIpc) is 2.67. The molecule has 0 radical (unpaired) electrons. The van der Waals surface area contributed by atoms with Crippen LogP contribution in [0.1, 0.15) is 35.5 Å². The lowest BCUT2D eigenvalue weighted by Crippen LogP contribution is -2.47. The molecule has 0 spiro atoms. The smallest absolute Gasteiger partial charge is 0.228 e. The first kappa shape index (κ1) is 18.6. The summed E-state index contributed by atoms with van der Waals surface area (Å²) in [6, 6.07) is 9.20. The van der Waals surface area contributed by atoms with Crippen molar-refractivity contribution in [2.45, 2.75) is 20.8 Å². The average molecular weight is 365 g/mol. The van der Waals surface area contributed by atoms with Gasteiger partial charge in [-0.3, -0.25) is 4.79 Å². The number of rotatable bonds is 5. The number of aryl methyl sites for hydroxylation is 1. The molecule has 7 heteroatoms. The van der Waals surface area contributed by atoms with Gasteiger partial charge in [0.15, 0.2) is 5.78 Å². The van der Waals surface area contributed by atoms with Crippen molar-refractivity contribution in [3.63, 3.8) is 0 Å². The van der Waals surface area contributed by atoms with E-state index in [1.54, 1.807) is 25.1 Å². The van der Waals surface area contributed by atoms with E-state index in [1.807, 2.05) is 19.9 Å². The summed E-state index contributed by atoms with van der Waals surface area (Å²) in [5, 5.41) is 9.19. The first-order valence-electron chi connectivity index (χ1n) is 9.05. The number of ketones is 1. The number of hydrogen-bond donors (Lipinski definition) is 0. The van der Waals surface area contributed by atoms with Gasteiger partial charge in [0.2, 0.25) is 11.8 Å². The lowest BCUT2D eigenvalue weighted by molar-refractivity contribution is 0.101. The predicted molar refractivity (Wildman–Crippen MR) is 104 cm³/mol. The number of benzene rings is 1. The molecular weight excluding hydrogens is 342 g/mol. The highest BCUT2D eigenvalue weighted by atomic mass is 16.5. The number of piperazine rings is 1. The molecule has 1 aromatic carbocycles. The Kier molecular flexibility index (Phi) is 5.55. The molecule has 0 amide bonds. The Labute approximate surface area is 159 Å². The lowest BCUT2D eigenvalue weighted by atomic mass is 10.0. The zero-order chi connectivity index (χ0) is 19.4. The zero-order valence-corrected chi connectivity index (χ0v) is 15.9. The van der Waals surface area contributed by atoms with Crippen LogP contribution < -0.4 is 14.5 Å². The van der Waals surface area contributed by atoms with Crippen molar-refractivity contribution in [2.24, 2.45) is 0 Å². The summed E-state index contributed by atoms with van der Waals surface area (Å²) in [6.45, 7) is 8.86. The number of aromatic nitrogens is 2. The number of ether oxygens (including phenoxy) is 1. The zero-order valence-electron chi connectivity index (χ0n) is 15.9. The van der Waals surface area contributed by atoms with E-state index in [0.29, 0.717) is 29.6 Å². The van der Waals surface area contributed by atoms with E-state index in [1.165, 1.54) is 0 Å². The van der Waals surface area contributed by atoms with Crippen molar-refractivity contribution >= 4 is 17.4 Å². The van der Waals surface area contributed by atoms with Crippen LogP contribution >= 0.6 is 0 Å². The molecule has 1 aromatic heterocycles. The van der Waals surface area contributed by atoms with Gasteiger partial charge in [0.05, 0.1) is 18.2 Å². The Morgan fingerprint density at radius 1 is 1.19 bits per heavy atom. The number of nitriles is 1. The molecular formula is C20H23N5O2. The van der Waals surface area contributed by atoms with Crippen molar-refractivity contribution in [3.05, 3.63) is 41.1 Å². The monoisotopic (exact) mass is 365 g/mol. The number of carbonyl (C=O) groups is 1. The Hall–Kier alpha value is -3.14. The fraction of sp³-hybridized carbons (Fsp3) is 0.400. The number of hydrogen-bond acceptors (Lipinski definition) is 7. The van der Waals surface area contributed by atoms with Crippen LogP contribution in [-0.4, -0.2) is 48.5 Å². The number of carbonyl (C=O) groups excluding carboxylic acids is 1. The fourth-order valence-corrected chi connectivity index (χ4v) is 3.20. The molecule has 0 bridgehead atoms. The summed E-state index contributed by atoms with van der Waals surface area (Å²) in [5.74, 6) is 1.25. The standard InChI is InChI=1S/C20H23N5O2/c1-4-27-19-11-14(2)22-20(23-19)25-9-7-24(8-10-25)18-12-16(13-21)5-6-17(18)15(3)26/h5-6,11-12H,4,7-10H2,1-3H3. The fourth-order valence-electron chi connectivity index (χ4n) is 3.20. The lowest BCUT2D eigenvalue weighted by Gasteiger charge is -2.37. The maximum absolute atomic E-state index is 12.0. The summed E-state index contributed by atoms with van der Waals surface area (Å²) in [5.41, 5.74) is 2.89. The van der Waals surface area contributed by atoms with Gasteiger partial charge >= 0.3 is 0 Å². The summed E-state index contributed by atoms with van der Waals surface area (Å²) >= 11 is 0. The van der Waals surface area contributed by atoms with Gasteiger partial charge in [0, 0.05) is 49.2 Å². The summed E-state index contributed by atoms with van der Waals surface area (Å²) in [6.07, 6.45) is 0. The van der Waals surface area contributed by atoms with Crippen LogP contribution in [0.2, 0.25) is 0 Å². The highest BCUT2D eigenvalue weighted by molar-refractivity contribution is 6.00. The first-order valence-corrected chi connectivity index (χ1v) is 9.05. The molecule has 27 heavy (non-hydrogen) atoms. The summed E-state index contributed by atoms with van der Waals surface area (Å²) in [7, 11) is 0. The minimum atomic E-state index is 0.000271. The molecule has 140 valence electrons. The minimum Gasteiger partial charge on any atom is -0.478 e. The molecule has 7 nitrogen and oxygen atoms in total. The van der Waals surface area contributed by atoms with Gasteiger partial charge in [0.25, 0.3) is 0 Å². The molecule has 1 fully saturated rings. The topological polar surface area (TPSA) is 82.4 Å². The van der Waals surface area contributed by atoms with Gasteiger partial charge in [0.1, 0.15) is 0 Å². The molecule has 3 rings (SSSR count). The van der Waals surface area contributed by atoms with Crippen LogP contribution in [0, 0.1) is 18.3 Å². The van der Waals surface area contributed by atoms with Gasteiger partial charge < -0.3 is 14.5 Å². The van der Waals surface area contributed by atoms with Gasteiger partial charge in [-0.1, -0.05) is 0 Å². The molecule has 1 aliphatic rings. The SMILES string of the molecule is CCOc1cc(C)nc(N2CCN(c3cc(C#N)ccc3C(C)=O)CC2)n1. The van der Waals surface area contributed by atoms with Crippen LogP contribution in [-0.2, 0) is 0 Å². The Morgan fingerprint density at radius 2 is 1.89 bits per heavy atom. The van der Waals surface area contributed by atoms with Gasteiger partial charge in [-0.25, -0.2) is 4.98 Å². The third-order valence-electron chi connectivity index (χ3n) is 4.52. The van der Waals surface area contributed by atoms with Crippen LogP contribution in [0.25, 0.3) is 0 Å². The van der Waals surface area contributed by atoms with E-state index in [0.717, 1.165) is 37.6 Å². The quantitative estimate of drug-likeness (QED) is 0.753. The minimum absolute atomic E-state index is 0.000271. The van der Waals surface area contributed by atoms with Crippen molar-refractivity contribution < 1.29 is 9.53 Å². The second-order valence-electron chi connectivity index (χ2n) is 6.45. The maximum Gasteiger partial charge on any atom is 0.228 e. The normalized spacial score (nSPS) is 14.0. The largest absolute Gasteiger partial charge is 0.478 e. The molecule has 2 aromatic rings. The Balaban J connectivity index is 1.78. The maximum atomic E-state index is 12.0. The van der Waals surface area contributed by atoms with Crippen LogP contribution in [0.3, 0.4) is 0 Å². The van der Waals surface area contributed by atoms with E-state index in [2.05, 4.69) is 25.8 Å². The molecule has 0 aliphatic carbocycles. The van der Waals surface area contributed by atoms with E-state index in [-0.39, 0.29) is 5.78 Å². The van der Waals surface area contributed by atoms with Crippen LogP contribution in [0.5, 0.6) is 5.88 Å². The van der Waals surface area contributed by atoms with E-state index in [4.69, 9.17) is 4.74 Å². The van der Waals surface area contributed by atoms with Gasteiger partial charge in [-0.2, -0.15) is 10.2 Å². The van der Waals surface area contributed by atoms with Crippen molar-refractivity contribution in [1.82, 2.24) is 9.97 Å². The second kappa shape index (κ2) is 8.04. The summed E-state index contributed by atoms with van der Waals surface area (Å²) < 4.78 is 5.52. The van der Waals surface area contributed by atoms with Gasteiger partial charge in [-0.15, -0.1) is 0 Å². The van der Waals surface area contributed by atoms with Crippen LogP contribution in [0.4, 0.5) is 11.6 Å². The Morgan fingerprint density at radius 3 is 2.52 bits per heavy atom. The molecule has 2 heterocycles. The molecule has 0 unspecified atom stereocenters. The van der Waals surface area contributed by atoms with E-state index >= 15 is 0 Å². The highest BCUT2D eigenvalue weighted by Crippen LogP contribution is 2.25. The van der Waals surface area contributed by atoms with Crippen molar-refractivity contribution in [1.29, 1.82) is 5.26 Å². The Bertz CT molecular complexity index is 882. The first-order chi connectivity index (χ1) is 13.0. The summed E-state index contributed by atoms with van der Waals surface area (Å²) in [4.78, 5) is 25.3. The number of Topliss-reactive ketones (excluding diaryl/α,β-unsaturated/α-hetero) is 1. The second-order valence-corrected chi connectivity index (χ2v) is 6.45. The van der Waals surface area contributed by atoms with Crippen molar-refractivity contribution in [3.8, 4) is 11.9 Å². The molecule has 1 saturated heterocycles. The number of nitrogens with zero attached hydrogens (tertiary/aromatic N) is 5. The molecule has 0 atom stereocenters. The van der Waals surface area contributed by atoms with E-state index in [9.17, 15) is 10.1 Å². The molecule has 1 aliphatic heterocycles. The highest BCUT2D eigenvalue weighted by Gasteiger charge is 2.23. The number of anilines is 2. The third-order valence-corrected chi connectivity index (χ3v) is 4.52.